The molecule has 5 nitrogen and oxygen atoms in total. The SMILES string of the molecule is CCO[Si](CCCCC1CNCCO1)(OCC)OCC. The molecular formula is C14H31NO4Si. The molecule has 0 saturated carbocycles. The molecule has 20 heavy (non-hydrogen) atoms. The Morgan fingerprint density at radius 3 is 2.20 bits per heavy atom. The molecule has 0 aromatic carbocycles. The van der Waals surface area contributed by atoms with Crippen molar-refractivity contribution in [3.8, 4) is 0 Å². The highest BCUT2D eigenvalue weighted by atomic mass is 28.4. The summed E-state index contributed by atoms with van der Waals surface area (Å²) < 4.78 is 23.3. The molecule has 1 fully saturated rings. The maximum Gasteiger partial charge on any atom is 0.500 e. The van der Waals surface area contributed by atoms with E-state index in [2.05, 4.69) is 5.32 Å². The van der Waals surface area contributed by atoms with Crippen LogP contribution in [0.2, 0.25) is 6.04 Å². The number of rotatable bonds is 11. The van der Waals surface area contributed by atoms with E-state index in [1.54, 1.807) is 0 Å². The molecule has 0 aromatic rings. The van der Waals surface area contributed by atoms with Gasteiger partial charge in [0.25, 0.3) is 0 Å². The minimum atomic E-state index is -2.44. The molecule has 1 atom stereocenters. The van der Waals surface area contributed by atoms with Gasteiger partial charge in [-0.05, 0) is 33.6 Å². The third kappa shape index (κ3) is 6.65. The molecule has 6 heteroatoms. The van der Waals surface area contributed by atoms with Gasteiger partial charge >= 0.3 is 8.80 Å². The molecule has 120 valence electrons. The number of hydrogen-bond donors (Lipinski definition) is 1. The van der Waals surface area contributed by atoms with E-state index in [1.165, 1.54) is 0 Å². The first-order chi connectivity index (χ1) is 9.76. The number of morpholine rings is 1. The van der Waals surface area contributed by atoms with Gasteiger partial charge in [-0.2, -0.15) is 0 Å². The molecule has 1 unspecified atom stereocenters. The fourth-order valence-electron chi connectivity index (χ4n) is 2.52. The quantitative estimate of drug-likeness (QED) is 0.468. The van der Waals surface area contributed by atoms with Crippen molar-refractivity contribution in [1.82, 2.24) is 5.32 Å². The van der Waals surface area contributed by atoms with E-state index in [4.69, 9.17) is 18.0 Å². The largest absolute Gasteiger partial charge is 0.500 e. The lowest BCUT2D eigenvalue weighted by molar-refractivity contribution is 0.0217. The van der Waals surface area contributed by atoms with Crippen molar-refractivity contribution >= 4 is 8.80 Å². The van der Waals surface area contributed by atoms with Crippen LogP contribution in [-0.4, -0.2) is 54.4 Å². The summed E-state index contributed by atoms with van der Waals surface area (Å²) in [6, 6.07) is 0.905. The first-order valence-corrected chi connectivity index (χ1v) is 9.93. The highest BCUT2D eigenvalue weighted by Crippen LogP contribution is 2.20. The maximum atomic E-state index is 5.85. The Kier molecular flexibility index (Phi) is 9.67. The Morgan fingerprint density at radius 2 is 1.70 bits per heavy atom. The molecule has 0 radical (unpaired) electrons. The van der Waals surface area contributed by atoms with E-state index in [-0.39, 0.29) is 0 Å². The third-order valence-corrected chi connectivity index (χ3v) is 6.51. The fourth-order valence-corrected chi connectivity index (χ4v) is 5.21. The molecule has 1 heterocycles. The van der Waals surface area contributed by atoms with Crippen molar-refractivity contribution in [2.45, 2.75) is 52.2 Å². The van der Waals surface area contributed by atoms with Gasteiger partial charge in [-0.25, -0.2) is 0 Å². The van der Waals surface area contributed by atoms with E-state index in [1.807, 2.05) is 20.8 Å². The lowest BCUT2D eigenvalue weighted by Crippen LogP contribution is -2.46. The van der Waals surface area contributed by atoms with Crippen molar-refractivity contribution in [3.05, 3.63) is 0 Å². The second-order valence-corrected chi connectivity index (χ2v) is 7.66. The predicted octanol–water partition coefficient (Wildman–Crippen LogP) is 2.19. The van der Waals surface area contributed by atoms with Crippen LogP contribution in [-0.2, 0) is 18.0 Å². The van der Waals surface area contributed by atoms with Gasteiger partial charge in [0.2, 0.25) is 0 Å². The Bertz CT molecular complexity index is 220. The highest BCUT2D eigenvalue weighted by molar-refractivity contribution is 6.60. The predicted molar refractivity (Wildman–Crippen MR) is 81.9 cm³/mol. The summed E-state index contributed by atoms with van der Waals surface area (Å²) in [6.07, 6.45) is 3.67. The number of ether oxygens (including phenoxy) is 1. The van der Waals surface area contributed by atoms with Gasteiger partial charge in [-0.15, -0.1) is 0 Å². The molecular weight excluding hydrogens is 274 g/mol. The van der Waals surface area contributed by atoms with Gasteiger partial charge in [0, 0.05) is 39.0 Å². The minimum Gasteiger partial charge on any atom is -0.376 e. The van der Waals surface area contributed by atoms with Crippen LogP contribution in [0.5, 0.6) is 0 Å². The monoisotopic (exact) mass is 305 g/mol. The van der Waals surface area contributed by atoms with E-state index in [0.29, 0.717) is 25.9 Å². The molecule has 0 aromatic heterocycles. The second kappa shape index (κ2) is 10.7. The second-order valence-electron chi connectivity index (χ2n) is 4.92. The summed E-state index contributed by atoms with van der Waals surface area (Å²) in [5, 5.41) is 3.36. The molecule has 1 aliphatic rings. The Hall–Kier alpha value is 0.0169. The summed E-state index contributed by atoms with van der Waals surface area (Å²) in [7, 11) is -2.44. The molecule has 1 rings (SSSR count). The Morgan fingerprint density at radius 1 is 1.05 bits per heavy atom. The van der Waals surface area contributed by atoms with Gasteiger partial charge < -0.3 is 23.3 Å². The Labute approximate surface area is 124 Å². The van der Waals surface area contributed by atoms with Crippen LogP contribution in [0, 0.1) is 0 Å². The number of nitrogens with one attached hydrogen (secondary N) is 1. The average Bonchev–Trinajstić information content (AvgIpc) is 2.46. The Balaban J connectivity index is 2.28. The van der Waals surface area contributed by atoms with E-state index < -0.39 is 8.80 Å². The highest BCUT2D eigenvalue weighted by Gasteiger charge is 2.39. The zero-order valence-electron chi connectivity index (χ0n) is 13.3. The molecule has 0 amide bonds. The van der Waals surface area contributed by atoms with Crippen molar-refractivity contribution in [1.29, 1.82) is 0 Å². The van der Waals surface area contributed by atoms with Crippen molar-refractivity contribution in [2.24, 2.45) is 0 Å². The molecule has 0 spiro atoms. The first kappa shape index (κ1) is 18.1. The lowest BCUT2D eigenvalue weighted by atomic mass is 10.1. The summed E-state index contributed by atoms with van der Waals surface area (Å²) >= 11 is 0. The van der Waals surface area contributed by atoms with Crippen LogP contribution in [0.25, 0.3) is 0 Å². The van der Waals surface area contributed by atoms with Gasteiger partial charge in [-0.1, -0.05) is 6.42 Å². The van der Waals surface area contributed by atoms with E-state index in [0.717, 1.165) is 45.0 Å². The standard InChI is InChI=1S/C14H31NO4Si/c1-4-17-20(18-5-2,19-6-3)12-8-7-9-14-13-15-10-11-16-14/h14-15H,4-13H2,1-3H3. The van der Waals surface area contributed by atoms with Crippen molar-refractivity contribution in [2.75, 3.05) is 39.5 Å². The zero-order chi connectivity index (χ0) is 14.7. The minimum absolute atomic E-state index is 0.367. The lowest BCUT2D eigenvalue weighted by Gasteiger charge is -2.29. The van der Waals surface area contributed by atoms with Crippen LogP contribution in [0.15, 0.2) is 0 Å². The van der Waals surface area contributed by atoms with E-state index in [9.17, 15) is 0 Å². The summed E-state index contributed by atoms with van der Waals surface area (Å²) in [6.45, 7) is 10.8. The molecule has 1 saturated heterocycles. The topological polar surface area (TPSA) is 49.0 Å². The van der Waals surface area contributed by atoms with Crippen LogP contribution >= 0.6 is 0 Å². The van der Waals surface area contributed by atoms with Crippen molar-refractivity contribution < 1.29 is 18.0 Å². The van der Waals surface area contributed by atoms with E-state index >= 15 is 0 Å². The van der Waals surface area contributed by atoms with Gasteiger partial charge in [-0.3, -0.25) is 0 Å². The maximum absolute atomic E-state index is 5.85. The third-order valence-electron chi connectivity index (χ3n) is 3.36. The smallest absolute Gasteiger partial charge is 0.376 e. The van der Waals surface area contributed by atoms with Crippen LogP contribution in [0.4, 0.5) is 0 Å². The zero-order valence-corrected chi connectivity index (χ0v) is 14.3. The van der Waals surface area contributed by atoms with Gasteiger partial charge in [0.05, 0.1) is 12.7 Å². The molecule has 0 bridgehead atoms. The van der Waals surface area contributed by atoms with Gasteiger partial charge in [0.1, 0.15) is 0 Å². The van der Waals surface area contributed by atoms with Gasteiger partial charge in [0.15, 0.2) is 0 Å². The number of hydrogen-bond acceptors (Lipinski definition) is 5. The normalized spacial score (nSPS) is 20.2. The number of unbranched alkanes of at least 4 members (excludes halogenated alkanes) is 1. The fraction of sp³-hybridized carbons (Fsp3) is 1.00. The average molecular weight is 305 g/mol. The summed E-state index contributed by atoms with van der Waals surface area (Å²) in [4.78, 5) is 0. The summed E-state index contributed by atoms with van der Waals surface area (Å²) in [5.74, 6) is 0. The molecule has 1 aliphatic heterocycles. The van der Waals surface area contributed by atoms with Crippen LogP contribution in [0.1, 0.15) is 40.0 Å². The molecule has 1 N–H and O–H groups in total. The first-order valence-electron chi connectivity index (χ1n) is 8.00. The molecule has 0 aliphatic carbocycles. The van der Waals surface area contributed by atoms with Crippen molar-refractivity contribution in [3.63, 3.8) is 0 Å². The van der Waals surface area contributed by atoms with Crippen LogP contribution in [0.3, 0.4) is 0 Å². The summed E-state index contributed by atoms with van der Waals surface area (Å²) in [5.41, 5.74) is 0. The van der Waals surface area contributed by atoms with Crippen LogP contribution < -0.4 is 5.32 Å².